The molecule has 1 aromatic carbocycles. The molecule has 0 fully saturated rings. The van der Waals surface area contributed by atoms with Crippen LogP contribution in [-0.4, -0.2) is 34.8 Å². The van der Waals surface area contributed by atoms with Crippen molar-refractivity contribution in [3.63, 3.8) is 0 Å². The molecule has 0 heterocycles. The van der Waals surface area contributed by atoms with E-state index >= 15 is 0 Å². The lowest BCUT2D eigenvalue weighted by Crippen LogP contribution is -2.47. The van der Waals surface area contributed by atoms with Crippen LogP contribution in [0.15, 0.2) is 36.4 Å². The van der Waals surface area contributed by atoms with Gasteiger partial charge in [0, 0.05) is 13.0 Å². The fraction of sp³-hybridized carbons (Fsp3) is 0.286. The number of phenolic OH excluding ortho intramolecular Hbond substituents is 1. The second-order valence-corrected chi connectivity index (χ2v) is 4.55. The highest BCUT2D eigenvalue weighted by molar-refractivity contribution is 5.82. The largest absolute Gasteiger partial charge is 0.508 e. The smallest absolute Gasteiger partial charge is 0.326 e. The topological polar surface area (TPSA) is 98.7 Å². The number of amides is 2. The molecule has 2 amide bonds. The number of hydrogen-bond acceptors (Lipinski definition) is 3. The summed E-state index contributed by atoms with van der Waals surface area (Å²) < 4.78 is 0. The molecule has 6 heteroatoms. The average molecular weight is 278 g/mol. The molecule has 1 aromatic rings. The normalized spacial score (nSPS) is 11.4. The first kappa shape index (κ1) is 15.6. The van der Waals surface area contributed by atoms with Crippen LogP contribution in [0.2, 0.25) is 0 Å². The number of aromatic hydroxyl groups is 1. The van der Waals surface area contributed by atoms with Crippen LogP contribution in [0.3, 0.4) is 0 Å². The van der Waals surface area contributed by atoms with Crippen LogP contribution in [0.5, 0.6) is 5.75 Å². The van der Waals surface area contributed by atoms with Gasteiger partial charge in [-0.2, -0.15) is 0 Å². The van der Waals surface area contributed by atoms with E-state index in [0.717, 1.165) is 5.57 Å². The fourth-order valence-electron chi connectivity index (χ4n) is 1.51. The average Bonchev–Trinajstić information content (AvgIpc) is 2.38. The summed E-state index contributed by atoms with van der Waals surface area (Å²) in [6.07, 6.45) is 0.135. The molecule has 6 nitrogen and oxygen atoms in total. The van der Waals surface area contributed by atoms with Gasteiger partial charge < -0.3 is 20.8 Å². The third-order valence-electron chi connectivity index (χ3n) is 2.53. The van der Waals surface area contributed by atoms with Crippen LogP contribution in [-0.2, 0) is 11.2 Å². The van der Waals surface area contributed by atoms with Crippen molar-refractivity contribution in [2.75, 3.05) is 6.54 Å². The number of nitrogens with one attached hydrogen (secondary N) is 2. The van der Waals surface area contributed by atoms with Gasteiger partial charge in [0.2, 0.25) is 0 Å². The van der Waals surface area contributed by atoms with Crippen LogP contribution in [0, 0.1) is 0 Å². The Morgan fingerprint density at radius 2 is 1.90 bits per heavy atom. The van der Waals surface area contributed by atoms with Crippen LogP contribution in [0.25, 0.3) is 0 Å². The molecule has 0 aliphatic heterocycles. The van der Waals surface area contributed by atoms with Gasteiger partial charge in [-0.3, -0.25) is 0 Å². The van der Waals surface area contributed by atoms with E-state index in [2.05, 4.69) is 17.2 Å². The molecule has 0 aliphatic rings. The van der Waals surface area contributed by atoms with Crippen LogP contribution >= 0.6 is 0 Å². The highest BCUT2D eigenvalue weighted by Gasteiger charge is 2.20. The summed E-state index contributed by atoms with van der Waals surface area (Å²) in [7, 11) is 0. The quantitative estimate of drug-likeness (QED) is 0.589. The van der Waals surface area contributed by atoms with Gasteiger partial charge in [-0.25, -0.2) is 9.59 Å². The van der Waals surface area contributed by atoms with Gasteiger partial charge in [0.1, 0.15) is 11.8 Å². The number of carbonyl (C=O) groups excluding carboxylic acids is 1. The molecular weight excluding hydrogens is 260 g/mol. The molecule has 0 unspecified atom stereocenters. The standard InChI is InChI=1S/C14H18N2O4/c1-9(2)8-15-14(20)16-12(13(18)19)7-10-3-5-11(17)6-4-10/h3-6,12,17H,1,7-8H2,2H3,(H,18,19)(H2,15,16,20)/t12-/m0/s1. The number of hydrogen-bond donors (Lipinski definition) is 4. The minimum absolute atomic E-state index is 0.104. The van der Waals surface area contributed by atoms with Crippen molar-refractivity contribution in [2.24, 2.45) is 0 Å². The number of urea groups is 1. The van der Waals surface area contributed by atoms with Crippen LogP contribution in [0.1, 0.15) is 12.5 Å². The van der Waals surface area contributed by atoms with Gasteiger partial charge in [-0.05, 0) is 24.6 Å². The third kappa shape index (κ3) is 5.43. The van der Waals surface area contributed by atoms with Gasteiger partial charge in [0.05, 0.1) is 0 Å². The lowest BCUT2D eigenvalue weighted by atomic mass is 10.1. The van der Waals surface area contributed by atoms with Crippen molar-refractivity contribution in [2.45, 2.75) is 19.4 Å². The minimum atomic E-state index is -1.12. The summed E-state index contributed by atoms with van der Waals surface area (Å²) >= 11 is 0. The molecule has 0 saturated carbocycles. The SMILES string of the molecule is C=C(C)CNC(=O)N[C@@H](Cc1ccc(O)cc1)C(=O)O. The molecule has 0 spiro atoms. The number of carboxylic acid groups (broad SMARTS) is 1. The van der Waals surface area contributed by atoms with Gasteiger partial charge in [0.15, 0.2) is 0 Å². The minimum Gasteiger partial charge on any atom is -0.508 e. The Kier molecular flexibility index (Phi) is 5.58. The lowest BCUT2D eigenvalue weighted by Gasteiger charge is -2.15. The second-order valence-electron chi connectivity index (χ2n) is 4.55. The first-order valence-electron chi connectivity index (χ1n) is 6.08. The zero-order valence-corrected chi connectivity index (χ0v) is 11.2. The van der Waals surface area contributed by atoms with E-state index < -0.39 is 18.0 Å². The van der Waals surface area contributed by atoms with Gasteiger partial charge in [-0.15, -0.1) is 0 Å². The monoisotopic (exact) mass is 278 g/mol. The Morgan fingerprint density at radius 3 is 2.40 bits per heavy atom. The molecular formula is C14H18N2O4. The van der Waals surface area contributed by atoms with E-state index in [4.69, 9.17) is 10.2 Å². The lowest BCUT2D eigenvalue weighted by molar-refractivity contribution is -0.139. The Labute approximate surface area is 117 Å². The Balaban J connectivity index is 2.60. The molecule has 0 radical (unpaired) electrons. The first-order valence-corrected chi connectivity index (χ1v) is 6.08. The summed E-state index contributed by atoms with van der Waals surface area (Å²) in [4.78, 5) is 22.7. The maximum absolute atomic E-state index is 11.5. The van der Waals surface area contributed by atoms with Crippen LogP contribution < -0.4 is 10.6 Å². The predicted octanol–water partition coefficient (Wildman–Crippen LogP) is 1.26. The van der Waals surface area contributed by atoms with E-state index in [1.807, 2.05) is 0 Å². The van der Waals surface area contributed by atoms with E-state index in [1.54, 1.807) is 19.1 Å². The third-order valence-corrected chi connectivity index (χ3v) is 2.53. The predicted molar refractivity (Wildman–Crippen MR) is 74.6 cm³/mol. The van der Waals surface area contributed by atoms with Crippen molar-refractivity contribution in [1.29, 1.82) is 0 Å². The Bertz CT molecular complexity index is 496. The maximum atomic E-state index is 11.5. The summed E-state index contributed by atoms with van der Waals surface area (Å²) in [5.41, 5.74) is 1.47. The van der Waals surface area contributed by atoms with Gasteiger partial charge in [0.25, 0.3) is 0 Å². The van der Waals surface area contributed by atoms with Gasteiger partial charge >= 0.3 is 12.0 Å². The highest BCUT2D eigenvalue weighted by Crippen LogP contribution is 2.11. The van der Waals surface area contributed by atoms with Crippen molar-refractivity contribution >= 4 is 12.0 Å². The molecule has 108 valence electrons. The van der Waals surface area contributed by atoms with Crippen molar-refractivity contribution in [3.8, 4) is 5.75 Å². The molecule has 0 bridgehead atoms. The second kappa shape index (κ2) is 7.18. The molecule has 1 atom stereocenters. The number of carbonyl (C=O) groups is 2. The molecule has 4 N–H and O–H groups in total. The fourth-order valence-corrected chi connectivity index (χ4v) is 1.51. The number of benzene rings is 1. The molecule has 0 saturated heterocycles. The summed E-state index contributed by atoms with van der Waals surface area (Å²) in [6.45, 7) is 5.68. The van der Waals surface area contributed by atoms with E-state index in [1.165, 1.54) is 12.1 Å². The molecule has 0 aromatic heterocycles. The summed E-state index contributed by atoms with van der Waals surface area (Å²) in [5, 5.41) is 23.2. The number of carboxylic acids is 1. The van der Waals surface area contributed by atoms with E-state index in [0.29, 0.717) is 5.56 Å². The zero-order valence-electron chi connectivity index (χ0n) is 11.2. The van der Waals surface area contributed by atoms with Crippen molar-refractivity contribution < 1.29 is 19.8 Å². The molecule has 0 aliphatic carbocycles. The van der Waals surface area contributed by atoms with E-state index in [9.17, 15) is 9.59 Å². The number of rotatable bonds is 6. The molecule has 1 rings (SSSR count). The summed E-state index contributed by atoms with van der Waals surface area (Å²) in [6, 6.07) is 4.56. The van der Waals surface area contributed by atoms with E-state index in [-0.39, 0.29) is 18.7 Å². The number of aliphatic carboxylic acids is 1. The van der Waals surface area contributed by atoms with Crippen molar-refractivity contribution in [1.82, 2.24) is 10.6 Å². The van der Waals surface area contributed by atoms with Crippen molar-refractivity contribution in [3.05, 3.63) is 42.0 Å². The Morgan fingerprint density at radius 1 is 1.30 bits per heavy atom. The highest BCUT2D eigenvalue weighted by atomic mass is 16.4. The maximum Gasteiger partial charge on any atom is 0.326 e. The Hall–Kier alpha value is -2.50. The molecule has 20 heavy (non-hydrogen) atoms. The first-order chi connectivity index (χ1) is 9.38. The number of phenols is 1. The zero-order chi connectivity index (χ0) is 15.1. The summed E-state index contributed by atoms with van der Waals surface area (Å²) in [5.74, 6) is -1.02. The van der Waals surface area contributed by atoms with Crippen LogP contribution in [0.4, 0.5) is 4.79 Å². The van der Waals surface area contributed by atoms with Gasteiger partial charge in [-0.1, -0.05) is 24.3 Å².